The van der Waals surface area contributed by atoms with Gasteiger partial charge in [0.1, 0.15) is 0 Å². The Kier molecular flexibility index (Phi) is 6.10. The van der Waals surface area contributed by atoms with Gasteiger partial charge in [0.25, 0.3) is 0 Å². The fourth-order valence-electron chi connectivity index (χ4n) is 2.86. The Morgan fingerprint density at radius 3 is 2.64 bits per heavy atom. The third kappa shape index (κ3) is 4.74. The highest BCUT2D eigenvalue weighted by Crippen LogP contribution is 2.37. The molecule has 8 heteroatoms. The molecule has 2 amide bonds. The minimum atomic E-state index is -3.61. The highest BCUT2D eigenvalue weighted by atomic mass is 32.2. The molecular weight excluding hydrogens is 396 g/mol. The van der Waals surface area contributed by atoms with Gasteiger partial charge in [-0.3, -0.25) is 9.59 Å². The molecule has 1 aliphatic heterocycles. The molecule has 1 heterocycles. The number of nitrogens with one attached hydrogen (secondary N) is 2. The molecule has 0 saturated carbocycles. The van der Waals surface area contributed by atoms with E-state index in [-0.39, 0.29) is 40.2 Å². The lowest BCUT2D eigenvalue weighted by molar-refractivity contribution is -0.121. The summed E-state index contributed by atoms with van der Waals surface area (Å²) in [7, 11) is -3.61. The summed E-state index contributed by atoms with van der Waals surface area (Å²) in [5.41, 5.74) is 1.57. The molecule has 2 unspecified atom stereocenters. The van der Waals surface area contributed by atoms with Crippen molar-refractivity contribution in [3.05, 3.63) is 54.1 Å². The number of amides is 2. The zero-order valence-electron chi connectivity index (χ0n) is 15.6. The number of carbonyl (C=O) groups excluding carboxylic acids is 2. The van der Waals surface area contributed by atoms with Crippen molar-refractivity contribution in [2.24, 2.45) is 0 Å². The zero-order valence-corrected chi connectivity index (χ0v) is 17.3. The molecule has 2 atom stereocenters. The number of thioether (sulfide) groups is 1. The van der Waals surface area contributed by atoms with Crippen LogP contribution in [-0.2, 0) is 19.4 Å². The van der Waals surface area contributed by atoms with Gasteiger partial charge in [-0.25, -0.2) is 8.42 Å². The van der Waals surface area contributed by atoms with Crippen molar-refractivity contribution >= 4 is 39.1 Å². The standard InChI is InChI=1S/C20H22N2O4S2/c1-13(15-6-4-3-5-7-15)21-19(23)10-11-28(25,26)16-8-9-17-18(12-16)27-14(2)20(24)22-17/h3-9,12-14H,10-11H2,1-2H3,(H,21,23)(H,22,24). The van der Waals surface area contributed by atoms with Crippen LogP contribution in [0.15, 0.2) is 58.3 Å². The Balaban J connectivity index is 1.63. The maximum atomic E-state index is 12.6. The van der Waals surface area contributed by atoms with E-state index in [0.29, 0.717) is 5.69 Å². The van der Waals surface area contributed by atoms with E-state index in [2.05, 4.69) is 10.6 Å². The molecule has 0 fully saturated rings. The van der Waals surface area contributed by atoms with Crippen LogP contribution in [0.1, 0.15) is 31.9 Å². The first-order valence-corrected chi connectivity index (χ1v) is 11.5. The molecule has 0 aromatic heterocycles. The van der Waals surface area contributed by atoms with Gasteiger partial charge < -0.3 is 10.6 Å². The number of anilines is 1. The molecule has 0 saturated heterocycles. The smallest absolute Gasteiger partial charge is 0.237 e. The van der Waals surface area contributed by atoms with Crippen LogP contribution in [0.3, 0.4) is 0 Å². The Morgan fingerprint density at radius 1 is 1.21 bits per heavy atom. The maximum absolute atomic E-state index is 12.6. The number of hydrogen-bond donors (Lipinski definition) is 2. The van der Waals surface area contributed by atoms with Crippen molar-refractivity contribution in [2.45, 2.75) is 41.4 Å². The molecule has 28 heavy (non-hydrogen) atoms. The summed E-state index contributed by atoms with van der Waals surface area (Å²) >= 11 is 1.32. The second-order valence-corrected chi connectivity index (χ2v) is 10.2. The van der Waals surface area contributed by atoms with E-state index in [1.165, 1.54) is 17.8 Å². The molecule has 1 aliphatic rings. The Hall–Kier alpha value is -2.32. The first-order chi connectivity index (χ1) is 13.3. The van der Waals surface area contributed by atoms with Gasteiger partial charge in [0.2, 0.25) is 11.8 Å². The van der Waals surface area contributed by atoms with Gasteiger partial charge in [-0.15, -0.1) is 11.8 Å². The SMILES string of the molecule is CC1Sc2cc(S(=O)(=O)CCC(=O)NC(C)c3ccccc3)ccc2NC1=O. The number of benzene rings is 2. The van der Waals surface area contributed by atoms with Crippen LogP contribution < -0.4 is 10.6 Å². The lowest BCUT2D eigenvalue weighted by Crippen LogP contribution is -2.28. The fourth-order valence-corrected chi connectivity index (χ4v) is 5.18. The Labute approximate surface area is 169 Å². The minimum Gasteiger partial charge on any atom is -0.350 e. The highest BCUT2D eigenvalue weighted by Gasteiger charge is 2.25. The Morgan fingerprint density at radius 2 is 1.93 bits per heavy atom. The number of hydrogen-bond acceptors (Lipinski definition) is 5. The lowest BCUT2D eigenvalue weighted by Gasteiger charge is -2.21. The summed E-state index contributed by atoms with van der Waals surface area (Å²) in [6, 6.07) is 13.9. The molecule has 2 N–H and O–H groups in total. The molecular formula is C20H22N2O4S2. The first-order valence-electron chi connectivity index (χ1n) is 8.95. The van der Waals surface area contributed by atoms with E-state index in [1.54, 1.807) is 19.1 Å². The normalized spacial score (nSPS) is 17.4. The van der Waals surface area contributed by atoms with Gasteiger partial charge >= 0.3 is 0 Å². The van der Waals surface area contributed by atoms with Crippen LogP contribution in [0.25, 0.3) is 0 Å². The van der Waals surface area contributed by atoms with Gasteiger partial charge in [0, 0.05) is 11.3 Å². The number of sulfone groups is 1. The van der Waals surface area contributed by atoms with Crippen molar-refractivity contribution in [1.29, 1.82) is 0 Å². The van der Waals surface area contributed by atoms with Gasteiger partial charge in [-0.2, -0.15) is 0 Å². The van der Waals surface area contributed by atoms with Crippen molar-refractivity contribution in [2.75, 3.05) is 11.1 Å². The largest absolute Gasteiger partial charge is 0.350 e. The molecule has 2 aromatic rings. The van der Waals surface area contributed by atoms with Crippen molar-refractivity contribution in [1.82, 2.24) is 5.32 Å². The molecule has 0 spiro atoms. The van der Waals surface area contributed by atoms with Gasteiger partial charge in [-0.05, 0) is 37.6 Å². The van der Waals surface area contributed by atoms with Gasteiger partial charge in [0.05, 0.1) is 27.6 Å². The van der Waals surface area contributed by atoms with E-state index in [4.69, 9.17) is 0 Å². The third-order valence-electron chi connectivity index (χ3n) is 4.52. The van der Waals surface area contributed by atoms with E-state index >= 15 is 0 Å². The summed E-state index contributed by atoms with van der Waals surface area (Å²) in [5.74, 6) is -0.684. The molecule has 0 bridgehead atoms. The number of carbonyl (C=O) groups is 2. The molecule has 3 rings (SSSR count). The second-order valence-electron chi connectivity index (χ2n) is 6.68. The minimum absolute atomic E-state index is 0.0997. The van der Waals surface area contributed by atoms with E-state index in [9.17, 15) is 18.0 Å². The first kappa shape index (κ1) is 20.4. The van der Waals surface area contributed by atoms with Crippen LogP contribution >= 0.6 is 11.8 Å². The van der Waals surface area contributed by atoms with E-state index in [1.807, 2.05) is 37.3 Å². The van der Waals surface area contributed by atoms with Crippen LogP contribution in [0.5, 0.6) is 0 Å². The molecule has 2 aromatic carbocycles. The summed E-state index contributed by atoms with van der Waals surface area (Å²) < 4.78 is 25.3. The summed E-state index contributed by atoms with van der Waals surface area (Å²) in [5, 5.41) is 5.30. The topological polar surface area (TPSA) is 92.3 Å². The molecule has 148 valence electrons. The monoisotopic (exact) mass is 418 g/mol. The molecule has 6 nitrogen and oxygen atoms in total. The maximum Gasteiger partial charge on any atom is 0.237 e. The third-order valence-corrected chi connectivity index (χ3v) is 7.39. The van der Waals surface area contributed by atoms with Crippen LogP contribution in [0.2, 0.25) is 0 Å². The number of fused-ring (bicyclic) bond motifs is 1. The van der Waals surface area contributed by atoms with Crippen molar-refractivity contribution < 1.29 is 18.0 Å². The van der Waals surface area contributed by atoms with Crippen LogP contribution in [0.4, 0.5) is 5.69 Å². The second kappa shape index (κ2) is 8.36. The van der Waals surface area contributed by atoms with Crippen molar-refractivity contribution in [3.8, 4) is 0 Å². The predicted molar refractivity (Wildman–Crippen MR) is 110 cm³/mol. The lowest BCUT2D eigenvalue weighted by atomic mass is 10.1. The fraction of sp³-hybridized carbons (Fsp3) is 0.300. The van der Waals surface area contributed by atoms with Gasteiger partial charge in [-0.1, -0.05) is 30.3 Å². The number of rotatable bonds is 6. The molecule has 0 aliphatic carbocycles. The molecule has 0 radical (unpaired) electrons. The summed E-state index contributed by atoms with van der Waals surface area (Å²) in [6.07, 6.45) is -0.114. The van der Waals surface area contributed by atoms with E-state index in [0.717, 1.165) is 10.5 Å². The predicted octanol–water partition coefficient (Wildman–Crippen LogP) is 3.16. The summed E-state index contributed by atoms with van der Waals surface area (Å²) in [6.45, 7) is 3.63. The summed E-state index contributed by atoms with van der Waals surface area (Å²) in [4.78, 5) is 24.8. The average molecular weight is 419 g/mol. The van der Waals surface area contributed by atoms with E-state index < -0.39 is 9.84 Å². The Bertz CT molecular complexity index is 991. The van der Waals surface area contributed by atoms with Crippen molar-refractivity contribution in [3.63, 3.8) is 0 Å². The average Bonchev–Trinajstić information content (AvgIpc) is 2.67. The quantitative estimate of drug-likeness (QED) is 0.752. The van der Waals surface area contributed by atoms with Crippen LogP contribution in [-0.4, -0.2) is 31.2 Å². The highest BCUT2D eigenvalue weighted by molar-refractivity contribution is 8.01. The van der Waals surface area contributed by atoms with Gasteiger partial charge in [0.15, 0.2) is 9.84 Å². The zero-order chi connectivity index (χ0) is 20.3. The van der Waals surface area contributed by atoms with Crippen LogP contribution in [0, 0.1) is 0 Å².